The van der Waals surface area contributed by atoms with Crippen LogP contribution in [0.5, 0.6) is 0 Å². The molecule has 0 amide bonds. The summed E-state index contributed by atoms with van der Waals surface area (Å²) >= 11 is 2.04. The molecule has 2 rings (SSSR count). The highest BCUT2D eigenvalue weighted by Crippen LogP contribution is 2.22. The van der Waals surface area contributed by atoms with Gasteiger partial charge in [-0.2, -0.15) is 11.8 Å². The number of ketones is 1. The molecule has 0 aromatic carbocycles. The minimum absolute atomic E-state index is 0.357. The minimum Gasteiger partial charge on any atom is -0.301 e. The normalized spacial score (nSPS) is 30.1. The summed E-state index contributed by atoms with van der Waals surface area (Å²) < 4.78 is 0. The summed E-state index contributed by atoms with van der Waals surface area (Å²) in [5, 5.41) is 0. The third-order valence-corrected chi connectivity index (χ3v) is 4.46. The van der Waals surface area contributed by atoms with Gasteiger partial charge in [0.25, 0.3) is 0 Å². The molecule has 0 aromatic heterocycles. The van der Waals surface area contributed by atoms with Crippen molar-refractivity contribution in [3.05, 3.63) is 0 Å². The maximum Gasteiger partial charge on any atom is 0.137 e. The van der Waals surface area contributed by atoms with Gasteiger partial charge in [0.2, 0.25) is 0 Å². The van der Waals surface area contributed by atoms with E-state index in [1.807, 2.05) is 11.8 Å². The van der Waals surface area contributed by atoms with Crippen LogP contribution in [0.2, 0.25) is 0 Å². The molecule has 0 N–H and O–H groups in total. The molecular formula is C12H21NOS. The standard InChI is InChI=1S/C12H21NOS/c14-12-5-3-1-2-4-11(12)10-13-6-8-15-9-7-13/h11H,1-10H2. The van der Waals surface area contributed by atoms with E-state index in [0.29, 0.717) is 11.7 Å². The van der Waals surface area contributed by atoms with E-state index in [1.54, 1.807) is 0 Å². The fourth-order valence-corrected chi connectivity index (χ4v) is 3.50. The molecule has 0 aromatic rings. The van der Waals surface area contributed by atoms with E-state index < -0.39 is 0 Å². The first-order valence-corrected chi connectivity index (χ1v) is 7.34. The Morgan fingerprint density at radius 3 is 2.80 bits per heavy atom. The Labute approximate surface area is 96.8 Å². The second-order valence-electron chi connectivity index (χ2n) is 4.68. The number of thioether (sulfide) groups is 1. The predicted molar refractivity (Wildman–Crippen MR) is 65.3 cm³/mol. The zero-order chi connectivity index (χ0) is 10.5. The Morgan fingerprint density at radius 1 is 1.20 bits per heavy atom. The average Bonchev–Trinajstić information content (AvgIpc) is 2.46. The van der Waals surface area contributed by atoms with Gasteiger partial charge in [0.1, 0.15) is 5.78 Å². The van der Waals surface area contributed by atoms with Gasteiger partial charge in [-0.25, -0.2) is 0 Å². The van der Waals surface area contributed by atoms with Crippen molar-refractivity contribution in [3.8, 4) is 0 Å². The zero-order valence-electron chi connectivity index (χ0n) is 9.41. The molecule has 2 fully saturated rings. The molecule has 0 bridgehead atoms. The molecule has 0 spiro atoms. The Kier molecular flexibility index (Phi) is 4.51. The maximum atomic E-state index is 11.9. The molecule has 1 saturated carbocycles. The largest absolute Gasteiger partial charge is 0.301 e. The van der Waals surface area contributed by atoms with Crippen LogP contribution >= 0.6 is 11.8 Å². The average molecular weight is 227 g/mol. The van der Waals surface area contributed by atoms with Gasteiger partial charge >= 0.3 is 0 Å². The smallest absolute Gasteiger partial charge is 0.137 e. The number of carbonyl (C=O) groups is 1. The summed E-state index contributed by atoms with van der Waals surface area (Å²) in [6, 6.07) is 0. The van der Waals surface area contributed by atoms with Crippen molar-refractivity contribution < 1.29 is 4.79 Å². The van der Waals surface area contributed by atoms with Gasteiger partial charge in [-0.1, -0.05) is 12.8 Å². The molecular weight excluding hydrogens is 206 g/mol. The summed E-state index contributed by atoms with van der Waals surface area (Å²) in [5.41, 5.74) is 0. The third kappa shape index (κ3) is 3.49. The van der Waals surface area contributed by atoms with E-state index >= 15 is 0 Å². The van der Waals surface area contributed by atoms with E-state index in [2.05, 4.69) is 4.90 Å². The van der Waals surface area contributed by atoms with Gasteiger partial charge in [0, 0.05) is 43.5 Å². The van der Waals surface area contributed by atoms with Gasteiger partial charge in [-0.3, -0.25) is 4.79 Å². The molecule has 1 aliphatic carbocycles. The molecule has 15 heavy (non-hydrogen) atoms. The molecule has 1 atom stereocenters. The Bertz CT molecular complexity index is 214. The third-order valence-electron chi connectivity index (χ3n) is 3.51. The highest BCUT2D eigenvalue weighted by atomic mass is 32.2. The number of carbonyl (C=O) groups excluding carboxylic acids is 1. The second-order valence-corrected chi connectivity index (χ2v) is 5.90. The van der Waals surface area contributed by atoms with Crippen molar-refractivity contribution in [2.24, 2.45) is 5.92 Å². The van der Waals surface area contributed by atoms with Crippen LogP contribution in [-0.4, -0.2) is 41.8 Å². The molecule has 1 unspecified atom stereocenters. The quantitative estimate of drug-likeness (QED) is 0.674. The van der Waals surface area contributed by atoms with Crippen molar-refractivity contribution in [1.29, 1.82) is 0 Å². The van der Waals surface area contributed by atoms with Crippen LogP contribution in [0.25, 0.3) is 0 Å². The fraction of sp³-hybridized carbons (Fsp3) is 0.917. The zero-order valence-corrected chi connectivity index (χ0v) is 10.2. The van der Waals surface area contributed by atoms with Crippen molar-refractivity contribution in [2.45, 2.75) is 32.1 Å². The molecule has 1 heterocycles. The lowest BCUT2D eigenvalue weighted by molar-refractivity contribution is -0.123. The van der Waals surface area contributed by atoms with Crippen LogP contribution in [0.15, 0.2) is 0 Å². The van der Waals surface area contributed by atoms with Crippen LogP contribution in [-0.2, 0) is 4.79 Å². The topological polar surface area (TPSA) is 20.3 Å². The molecule has 86 valence electrons. The SMILES string of the molecule is O=C1CCCCCC1CN1CCSCC1. The monoisotopic (exact) mass is 227 g/mol. The summed E-state index contributed by atoms with van der Waals surface area (Å²) in [6.07, 6.45) is 5.64. The van der Waals surface area contributed by atoms with Gasteiger partial charge in [0.05, 0.1) is 0 Å². The van der Waals surface area contributed by atoms with E-state index in [1.165, 1.54) is 37.4 Å². The van der Waals surface area contributed by atoms with Crippen LogP contribution in [0, 0.1) is 5.92 Å². The Morgan fingerprint density at radius 2 is 2.00 bits per heavy atom. The van der Waals surface area contributed by atoms with Gasteiger partial charge < -0.3 is 4.90 Å². The van der Waals surface area contributed by atoms with Crippen molar-refractivity contribution >= 4 is 17.5 Å². The van der Waals surface area contributed by atoms with E-state index in [-0.39, 0.29) is 0 Å². The van der Waals surface area contributed by atoms with E-state index in [0.717, 1.165) is 25.8 Å². The maximum absolute atomic E-state index is 11.9. The summed E-state index contributed by atoms with van der Waals surface area (Å²) in [6.45, 7) is 3.42. The number of nitrogens with zero attached hydrogens (tertiary/aromatic N) is 1. The lowest BCUT2D eigenvalue weighted by Gasteiger charge is -2.29. The molecule has 3 heteroatoms. The molecule has 1 aliphatic heterocycles. The number of rotatable bonds is 2. The lowest BCUT2D eigenvalue weighted by atomic mass is 9.98. The number of hydrogen-bond acceptors (Lipinski definition) is 3. The van der Waals surface area contributed by atoms with Gasteiger partial charge in [-0.15, -0.1) is 0 Å². The molecule has 2 nitrogen and oxygen atoms in total. The lowest BCUT2D eigenvalue weighted by Crippen LogP contribution is -2.38. The Balaban J connectivity index is 1.82. The van der Waals surface area contributed by atoms with Crippen molar-refractivity contribution in [3.63, 3.8) is 0 Å². The molecule has 0 radical (unpaired) electrons. The van der Waals surface area contributed by atoms with E-state index in [4.69, 9.17) is 0 Å². The first-order valence-electron chi connectivity index (χ1n) is 6.19. The van der Waals surface area contributed by atoms with Crippen LogP contribution in [0.4, 0.5) is 0 Å². The minimum atomic E-state index is 0.357. The Hall–Kier alpha value is -0.0200. The highest BCUT2D eigenvalue weighted by molar-refractivity contribution is 7.99. The van der Waals surface area contributed by atoms with Crippen LogP contribution in [0.1, 0.15) is 32.1 Å². The number of hydrogen-bond donors (Lipinski definition) is 0. The molecule has 2 aliphatic rings. The van der Waals surface area contributed by atoms with Crippen molar-refractivity contribution in [1.82, 2.24) is 4.90 Å². The van der Waals surface area contributed by atoms with E-state index in [9.17, 15) is 4.79 Å². The van der Waals surface area contributed by atoms with Crippen molar-refractivity contribution in [2.75, 3.05) is 31.1 Å². The first kappa shape index (κ1) is 11.5. The fourth-order valence-electron chi connectivity index (χ4n) is 2.52. The van der Waals surface area contributed by atoms with Gasteiger partial charge in [0.15, 0.2) is 0 Å². The summed E-state index contributed by atoms with van der Waals surface area (Å²) in [5.74, 6) is 3.39. The van der Waals surface area contributed by atoms with Gasteiger partial charge in [-0.05, 0) is 12.8 Å². The number of Topliss-reactive ketones (excluding diaryl/α,β-unsaturated/α-hetero) is 1. The summed E-state index contributed by atoms with van der Waals surface area (Å²) in [4.78, 5) is 14.3. The molecule has 1 saturated heterocycles. The van der Waals surface area contributed by atoms with Crippen LogP contribution in [0.3, 0.4) is 0 Å². The second kappa shape index (κ2) is 5.90. The first-order chi connectivity index (χ1) is 7.36. The summed E-state index contributed by atoms with van der Waals surface area (Å²) in [7, 11) is 0. The predicted octanol–water partition coefficient (Wildman–Crippen LogP) is 2.18. The highest BCUT2D eigenvalue weighted by Gasteiger charge is 2.23. The van der Waals surface area contributed by atoms with Crippen LogP contribution < -0.4 is 0 Å².